The van der Waals surface area contributed by atoms with Crippen LogP contribution in [0.4, 0.5) is 0 Å². The van der Waals surface area contributed by atoms with E-state index in [1.54, 1.807) is 13.8 Å². The van der Waals surface area contributed by atoms with E-state index in [2.05, 4.69) is 18.8 Å². The van der Waals surface area contributed by atoms with Gasteiger partial charge >= 0.3 is 0 Å². The highest BCUT2D eigenvalue weighted by Crippen LogP contribution is 2.17. The fourth-order valence-corrected chi connectivity index (χ4v) is 2.79. The van der Waals surface area contributed by atoms with E-state index in [4.69, 9.17) is 9.15 Å². The van der Waals surface area contributed by atoms with Gasteiger partial charge in [-0.05, 0) is 6.42 Å². The molecule has 0 aliphatic heterocycles. The highest BCUT2D eigenvalue weighted by molar-refractivity contribution is 7.92. The van der Waals surface area contributed by atoms with Crippen LogP contribution in [0.1, 0.15) is 39.5 Å². The molecule has 1 unspecified atom stereocenters. The zero-order valence-electron chi connectivity index (χ0n) is 11.8. The van der Waals surface area contributed by atoms with Gasteiger partial charge in [0, 0.05) is 14.0 Å². The maximum atomic E-state index is 12.0. The lowest BCUT2D eigenvalue weighted by atomic mass is 10.3. The number of nitrogens with zero attached hydrogens (tertiary/aromatic N) is 1. The first-order chi connectivity index (χ1) is 8.43. The average molecular weight is 277 g/mol. The van der Waals surface area contributed by atoms with Crippen LogP contribution in [0.25, 0.3) is 0 Å². The molecule has 0 saturated heterocycles. The number of hydrogen-bond acceptors (Lipinski definition) is 5. The molecule has 5 nitrogen and oxygen atoms in total. The van der Waals surface area contributed by atoms with Crippen LogP contribution in [0, 0.1) is 6.92 Å². The lowest BCUT2D eigenvalue weighted by Gasteiger charge is -2.12. The second kappa shape index (κ2) is 8.26. The van der Waals surface area contributed by atoms with Gasteiger partial charge in [0.25, 0.3) is 0 Å². The zero-order valence-corrected chi connectivity index (χ0v) is 12.6. The van der Waals surface area contributed by atoms with E-state index >= 15 is 0 Å². The van der Waals surface area contributed by atoms with Crippen molar-refractivity contribution in [1.29, 1.82) is 0 Å². The SMILES string of the molecule is CCC.CCC(COC)S(=O)(=O)c1coc(C)n1. The quantitative estimate of drug-likeness (QED) is 0.827. The minimum atomic E-state index is -3.42. The van der Waals surface area contributed by atoms with Crippen molar-refractivity contribution in [3.63, 3.8) is 0 Å². The molecule has 1 heterocycles. The molecule has 0 spiro atoms. The van der Waals surface area contributed by atoms with Gasteiger partial charge in [-0.3, -0.25) is 0 Å². The van der Waals surface area contributed by atoms with E-state index in [9.17, 15) is 8.42 Å². The van der Waals surface area contributed by atoms with Crippen molar-refractivity contribution >= 4 is 9.84 Å². The second-order valence-corrected chi connectivity index (χ2v) is 6.12. The molecule has 0 bridgehead atoms. The predicted octanol–water partition coefficient (Wildman–Crippen LogP) is 2.60. The van der Waals surface area contributed by atoms with Gasteiger partial charge in [0.15, 0.2) is 10.9 Å². The normalized spacial score (nSPS) is 12.7. The maximum Gasteiger partial charge on any atom is 0.203 e. The van der Waals surface area contributed by atoms with Crippen LogP contribution < -0.4 is 0 Å². The fourth-order valence-electron chi connectivity index (χ4n) is 1.26. The topological polar surface area (TPSA) is 69.4 Å². The van der Waals surface area contributed by atoms with Crippen LogP contribution in [0.5, 0.6) is 0 Å². The van der Waals surface area contributed by atoms with E-state index in [-0.39, 0.29) is 11.6 Å². The van der Waals surface area contributed by atoms with Crippen LogP contribution in [0.15, 0.2) is 15.7 Å². The average Bonchev–Trinajstić information content (AvgIpc) is 2.74. The van der Waals surface area contributed by atoms with Gasteiger partial charge in [-0.1, -0.05) is 27.2 Å². The summed E-state index contributed by atoms with van der Waals surface area (Å²) in [6, 6.07) is 0. The van der Waals surface area contributed by atoms with E-state index in [0.29, 0.717) is 12.3 Å². The van der Waals surface area contributed by atoms with E-state index in [1.807, 2.05) is 0 Å². The molecule has 0 aliphatic carbocycles. The van der Waals surface area contributed by atoms with Crippen molar-refractivity contribution < 1.29 is 17.6 Å². The van der Waals surface area contributed by atoms with Gasteiger partial charge in [-0.25, -0.2) is 13.4 Å². The third-order valence-corrected chi connectivity index (χ3v) is 4.25. The zero-order chi connectivity index (χ0) is 14.2. The first-order valence-corrected chi connectivity index (χ1v) is 7.63. The number of oxazole rings is 1. The van der Waals surface area contributed by atoms with Crippen LogP contribution in [0.3, 0.4) is 0 Å². The van der Waals surface area contributed by atoms with E-state index < -0.39 is 15.1 Å². The Balaban J connectivity index is 0.000000873. The molecule has 0 radical (unpaired) electrons. The summed E-state index contributed by atoms with van der Waals surface area (Å²) in [6.07, 6.45) is 2.91. The molecule has 0 amide bonds. The van der Waals surface area contributed by atoms with Gasteiger partial charge in [0.05, 0.1) is 11.9 Å². The third-order valence-electron chi connectivity index (χ3n) is 2.14. The lowest BCUT2D eigenvalue weighted by Crippen LogP contribution is -2.25. The molecule has 0 aromatic carbocycles. The molecule has 1 rings (SSSR count). The molecule has 0 saturated carbocycles. The molecule has 0 fully saturated rings. The highest BCUT2D eigenvalue weighted by Gasteiger charge is 2.28. The van der Waals surface area contributed by atoms with Gasteiger partial charge in [0.2, 0.25) is 9.84 Å². The van der Waals surface area contributed by atoms with E-state index in [0.717, 1.165) is 0 Å². The Bertz CT molecular complexity index is 425. The third kappa shape index (κ3) is 4.78. The van der Waals surface area contributed by atoms with Crippen LogP contribution in [-0.2, 0) is 14.6 Å². The van der Waals surface area contributed by atoms with Crippen molar-refractivity contribution in [3.05, 3.63) is 12.2 Å². The molecule has 1 atom stereocenters. The first-order valence-electron chi connectivity index (χ1n) is 6.08. The predicted molar refractivity (Wildman–Crippen MR) is 70.3 cm³/mol. The number of rotatable bonds is 5. The van der Waals surface area contributed by atoms with Crippen molar-refractivity contribution in [3.8, 4) is 0 Å². The van der Waals surface area contributed by atoms with Crippen LogP contribution >= 0.6 is 0 Å². The van der Waals surface area contributed by atoms with Crippen molar-refractivity contribution in [2.24, 2.45) is 0 Å². The minimum Gasteiger partial charge on any atom is -0.448 e. The Hall–Kier alpha value is -0.880. The standard InChI is InChI=1S/C9H15NO4S.C3H8/c1-4-8(5-13-3)15(11,12)9-6-14-7(2)10-9;1-3-2/h6,8H,4-5H2,1-3H3;3H2,1-2H3. The lowest BCUT2D eigenvalue weighted by molar-refractivity contribution is 0.195. The van der Waals surface area contributed by atoms with Gasteiger partial charge in [-0.2, -0.15) is 0 Å². The number of hydrogen-bond donors (Lipinski definition) is 0. The monoisotopic (exact) mass is 277 g/mol. The Kier molecular flexibility index (Phi) is 7.86. The maximum absolute atomic E-state index is 12.0. The minimum absolute atomic E-state index is 0.0103. The Morgan fingerprint density at radius 1 is 1.39 bits per heavy atom. The number of sulfone groups is 1. The summed E-state index contributed by atoms with van der Waals surface area (Å²) in [5, 5.41) is -0.573. The molecule has 0 aliphatic rings. The van der Waals surface area contributed by atoms with Crippen molar-refractivity contribution in [1.82, 2.24) is 4.98 Å². The van der Waals surface area contributed by atoms with E-state index in [1.165, 1.54) is 19.8 Å². The summed E-state index contributed by atoms with van der Waals surface area (Å²) in [6.45, 7) is 7.83. The van der Waals surface area contributed by atoms with Crippen LogP contribution in [-0.4, -0.2) is 32.4 Å². The van der Waals surface area contributed by atoms with Crippen LogP contribution in [0.2, 0.25) is 0 Å². The van der Waals surface area contributed by atoms with Gasteiger partial charge < -0.3 is 9.15 Å². The first kappa shape index (κ1) is 17.1. The largest absolute Gasteiger partial charge is 0.448 e. The molecule has 0 N–H and O–H groups in total. The Labute approximate surface area is 109 Å². The summed E-state index contributed by atoms with van der Waals surface area (Å²) in [5.41, 5.74) is 0. The number of ether oxygens (including phenoxy) is 1. The highest BCUT2D eigenvalue weighted by atomic mass is 32.2. The Morgan fingerprint density at radius 2 is 1.94 bits per heavy atom. The number of aromatic nitrogens is 1. The Morgan fingerprint density at radius 3 is 2.28 bits per heavy atom. The summed E-state index contributed by atoms with van der Waals surface area (Å²) in [5.74, 6) is 0.348. The second-order valence-electron chi connectivity index (χ2n) is 3.94. The van der Waals surface area contributed by atoms with Crippen molar-refractivity contribution in [2.45, 2.75) is 50.8 Å². The number of methoxy groups -OCH3 is 1. The summed E-state index contributed by atoms with van der Waals surface area (Å²) in [7, 11) is -1.94. The molecule has 1 aromatic heterocycles. The smallest absolute Gasteiger partial charge is 0.203 e. The molecular weight excluding hydrogens is 254 g/mol. The molecule has 1 aromatic rings. The summed E-state index contributed by atoms with van der Waals surface area (Å²) < 4.78 is 33.7. The number of aryl methyl sites for hydroxylation is 1. The summed E-state index contributed by atoms with van der Waals surface area (Å²) >= 11 is 0. The van der Waals surface area contributed by atoms with Gasteiger partial charge in [0.1, 0.15) is 6.26 Å². The summed E-state index contributed by atoms with van der Waals surface area (Å²) in [4.78, 5) is 3.82. The van der Waals surface area contributed by atoms with Gasteiger partial charge in [-0.15, -0.1) is 0 Å². The molecule has 18 heavy (non-hydrogen) atoms. The molecule has 106 valence electrons. The molecule has 6 heteroatoms. The van der Waals surface area contributed by atoms with Crippen molar-refractivity contribution in [2.75, 3.05) is 13.7 Å². The molecular formula is C12H23NO4S. The fraction of sp³-hybridized carbons (Fsp3) is 0.750.